The fourth-order valence-electron chi connectivity index (χ4n) is 4.80. The summed E-state index contributed by atoms with van der Waals surface area (Å²) in [4.78, 5) is 63.2. The number of hydrogen-bond acceptors (Lipinski definition) is 5. The summed E-state index contributed by atoms with van der Waals surface area (Å²) in [6, 6.07) is 7.68. The molecule has 35 heavy (non-hydrogen) atoms. The van der Waals surface area contributed by atoms with Crippen molar-refractivity contribution in [3.63, 3.8) is 0 Å². The first-order valence-electron chi connectivity index (χ1n) is 12.1. The molecule has 1 aliphatic heterocycles. The molecule has 8 nitrogen and oxygen atoms in total. The van der Waals surface area contributed by atoms with Gasteiger partial charge in [-0.3, -0.25) is 29.3 Å². The predicted molar refractivity (Wildman–Crippen MR) is 131 cm³/mol. The summed E-state index contributed by atoms with van der Waals surface area (Å²) in [5.74, 6) is -4.20. The highest BCUT2D eigenvalue weighted by molar-refractivity contribution is 6.16. The second-order valence-electron chi connectivity index (χ2n) is 9.17. The van der Waals surface area contributed by atoms with Gasteiger partial charge in [0.05, 0.1) is 24.4 Å². The van der Waals surface area contributed by atoms with E-state index in [0.717, 1.165) is 31.2 Å². The first-order valence-corrected chi connectivity index (χ1v) is 12.1. The summed E-state index contributed by atoms with van der Waals surface area (Å²) in [5.41, 5.74) is 0.758. The molecule has 3 N–H and O–H groups in total. The third-order valence-electron chi connectivity index (χ3n) is 6.70. The Kier molecular flexibility index (Phi) is 9.11. The average Bonchev–Trinajstić information content (AvgIpc) is 3.45. The van der Waals surface area contributed by atoms with Gasteiger partial charge in [0, 0.05) is 6.08 Å². The number of hydrogen-bond donors (Lipinski definition) is 3. The smallest absolute Gasteiger partial charge is 0.244 e. The van der Waals surface area contributed by atoms with Crippen molar-refractivity contribution in [1.82, 2.24) is 16.0 Å². The van der Waals surface area contributed by atoms with Crippen LogP contribution in [0.1, 0.15) is 57.6 Å². The molecule has 4 atom stereocenters. The number of carbonyl (C=O) groups excluding carboxylic acids is 5. The number of amides is 4. The minimum absolute atomic E-state index is 0.0743. The topological polar surface area (TPSA) is 121 Å². The number of ketones is 1. The Morgan fingerprint density at radius 1 is 1.03 bits per heavy atom. The van der Waals surface area contributed by atoms with E-state index in [0.29, 0.717) is 0 Å². The Bertz CT molecular complexity index is 1010. The van der Waals surface area contributed by atoms with Crippen LogP contribution in [0.3, 0.4) is 0 Å². The van der Waals surface area contributed by atoms with E-state index in [-0.39, 0.29) is 18.2 Å². The molecule has 8 heteroatoms. The Balaban J connectivity index is 1.76. The highest BCUT2D eigenvalue weighted by atomic mass is 16.2. The summed E-state index contributed by atoms with van der Waals surface area (Å²) >= 11 is 0. The largest absolute Gasteiger partial charge is 0.346 e. The number of allylic oxidation sites excluding steroid dienone is 3. The van der Waals surface area contributed by atoms with Gasteiger partial charge >= 0.3 is 0 Å². The molecule has 2 fully saturated rings. The van der Waals surface area contributed by atoms with Crippen molar-refractivity contribution in [1.29, 1.82) is 0 Å². The molecule has 1 aromatic rings. The van der Waals surface area contributed by atoms with Crippen LogP contribution in [0.25, 0.3) is 0 Å². The van der Waals surface area contributed by atoms with Crippen LogP contribution in [0.2, 0.25) is 0 Å². The van der Waals surface area contributed by atoms with Crippen molar-refractivity contribution in [3.05, 3.63) is 60.2 Å². The second kappa shape index (κ2) is 12.2. The van der Waals surface area contributed by atoms with Gasteiger partial charge in [-0.25, -0.2) is 0 Å². The number of imide groups is 1. The molecule has 1 heterocycles. The molecule has 0 aromatic heterocycles. The summed E-state index contributed by atoms with van der Waals surface area (Å²) in [5, 5.41) is 7.94. The van der Waals surface area contributed by atoms with Crippen molar-refractivity contribution in [2.75, 3.05) is 0 Å². The molecule has 0 radical (unpaired) electrons. The summed E-state index contributed by atoms with van der Waals surface area (Å²) < 4.78 is 0. The molecule has 1 aliphatic carbocycles. The molecule has 4 amide bonds. The Morgan fingerprint density at radius 3 is 2.31 bits per heavy atom. The van der Waals surface area contributed by atoms with E-state index in [1.54, 1.807) is 25.2 Å². The molecule has 1 saturated heterocycles. The molecule has 3 rings (SSSR count). The number of carbonyl (C=O) groups is 5. The van der Waals surface area contributed by atoms with Crippen molar-refractivity contribution in [3.8, 4) is 0 Å². The molecule has 0 spiro atoms. The van der Waals surface area contributed by atoms with Crippen molar-refractivity contribution in [2.45, 2.75) is 58.0 Å². The van der Waals surface area contributed by atoms with Crippen LogP contribution >= 0.6 is 0 Å². The van der Waals surface area contributed by atoms with E-state index in [1.807, 2.05) is 37.3 Å². The predicted octanol–water partition coefficient (Wildman–Crippen LogP) is 2.52. The normalized spacial score (nSPS) is 22.3. The maximum Gasteiger partial charge on any atom is 0.244 e. The van der Waals surface area contributed by atoms with Gasteiger partial charge in [0.15, 0.2) is 5.78 Å². The lowest BCUT2D eigenvalue weighted by Gasteiger charge is -2.27. The third kappa shape index (κ3) is 6.74. The molecular weight excluding hydrogens is 446 g/mol. The van der Waals surface area contributed by atoms with Gasteiger partial charge in [-0.1, -0.05) is 68.3 Å². The van der Waals surface area contributed by atoms with Crippen LogP contribution in [0.5, 0.6) is 0 Å². The number of rotatable bonds is 10. The molecular formula is C27H33N3O5. The van der Waals surface area contributed by atoms with E-state index in [1.165, 1.54) is 6.08 Å². The molecule has 1 aromatic carbocycles. The van der Waals surface area contributed by atoms with E-state index < -0.39 is 47.4 Å². The van der Waals surface area contributed by atoms with Crippen molar-refractivity contribution < 1.29 is 24.0 Å². The Morgan fingerprint density at radius 2 is 1.71 bits per heavy atom. The first-order chi connectivity index (χ1) is 16.8. The van der Waals surface area contributed by atoms with E-state index in [9.17, 15) is 24.0 Å². The Labute approximate surface area is 205 Å². The van der Waals surface area contributed by atoms with Crippen LogP contribution in [-0.2, 0) is 24.0 Å². The lowest BCUT2D eigenvalue weighted by atomic mass is 9.83. The summed E-state index contributed by atoms with van der Waals surface area (Å²) in [7, 11) is 0. The van der Waals surface area contributed by atoms with Gasteiger partial charge in [-0.15, -0.1) is 0 Å². The number of nitrogens with one attached hydrogen (secondary N) is 3. The minimum atomic E-state index is -1.10. The maximum absolute atomic E-state index is 13.4. The van der Waals surface area contributed by atoms with Gasteiger partial charge in [-0.05, 0) is 31.2 Å². The third-order valence-corrected chi connectivity index (χ3v) is 6.70. The van der Waals surface area contributed by atoms with Crippen molar-refractivity contribution in [2.24, 2.45) is 17.8 Å². The summed E-state index contributed by atoms with van der Waals surface area (Å²) in [6.07, 6.45) is 9.86. The monoisotopic (exact) mass is 479 g/mol. The molecule has 1 saturated carbocycles. The lowest BCUT2D eigenvalue weighted by molar-refractivity contribution is -0.137. The molecule has 0 bridgehead atoms. The van der Waals surface area contributed by atoms with Gasteiger partial charge in [0.1, 0.15) is 5.92 Å². The fraction of sp³-hybridized carbons (Fsp3) is 0.444. The lowest BCUT2D eigenvalue weighted by Crippen LogP contribution is -2.50. The number of Topliss-reactive ketones (excluding diaryl/α,β-unsaturated/α-hetero) is 1. The van der Waals surface area contributed by atoms with E-state index in [2.05, 4.69) is 16.0 Å². The van der Waals surface area contributed by atoms with Gasteiger partial charge < -0.3 is 10.6 Å². The van der Waals surface area contributed by atoms with Gasteiger partial charge in [0.25, 0.3) is 0 Å². The fourth-order valence-corrected chi connectivity index (χ4v) is 4.80. The maximum atomic E-state index is 13.4. The number of benzene rings is 1. The molecule has 1 unspecified atom stereocenters. The van der Waals surface area contributed by atoms with Crippen LogP contribution in [0, 0.1) is 17.8 Å². The first kappa shape index (κ1) is 26.1. The highest BCUT2D eigenvalue weighted by Crippen LogP contribution is 2.32. The minimum Gasteiger partial charge on any atom is -0.346 e. The Hall–Kier alpha value is -3.55. The van der Waals surface area contributed by atoms with Crippen molar-refractivity contribution >= 4 is 29.4 Å². The van der Waals surface area contributed by atoms with Crippen LogP contribution in [0.4, 0.5) is 0 Å². The molecule has 186 valence electrons. The average molecular weight is 480 g/mol. The van der Waals surface area contributed by atoms with Crippen LogP contribution in [0.15, 0.2) is 54.6 Å². The molecule has 2 aliphatic rings. The second-order valence-corrected chi connectivity index (χ2v) is 9.17. The standard InChI is InChI=1S/C27H33N3O5/c1-3-4-6-15-21(31)28-20(18-11-7-5-8-12-18)16-22(32)29-24(19-13-9-10-14-19)25(33)23-17(2)26(34)30-27(23)35/h3-8,11-12,15,17,19-20,23-24H,9-10,13-14,16H2,1-2H3,(H,28,31)(H,29,32)(H,30,34,35)/b4-3+,15-6+/t17-,20-,23+,24?/m0/s1. The zero-order valence-electron chi connectivity index (χ0n) is 20.2. The quantitative estimate of drug-likeness (QED) is 0.206. The zero-order chi connectivity index (χ0) is 25.4. The van der Waals surface area contributed by atoms with E-state index >= 15 is 0 Å². The summed E-state index contributed by atoms with van der Waals surface area (Å²) in [6.45, 7) is 3.39. The van der Waals surface area contributed by atoms with Gasteiger partial charge in [0.2, 0.25) is 23.6 Å². The zero-order valence-corrected chi connectivity index (χ0v) is 20.2. The SMILES string of the molecule is C/C=C/C=C/C(=O)N[C@@H](CC(=O)NC(C(=O)[C@@H]1C(=O)NC(=O)[C@H]1C)C1CCCC1)c1ccccc1. The van der Waals surface area contributed by atoms with Crippen LogP contribution < -0.4 is 16.0 Å². The highest BCUT2D eigenvalue weighted by Gasteiger charge is 2.47. The van der Waals surface area contributed by atoms with Crippen LogP contribution in [-0.4, -0.2) is 35.5 Å². The van der Waals surface area contributed by atoms with E-state index in [4.69, 9.17) is 0 Å². The van der Waals surface area contributed by atoms with Gasteiger partial charge in [-0.2, -0.15) is 0 Å².